The molecule has 1 aromatic rings. The van der Waals surface area contributed by atoms with E-state index in [2.05, 4.69) is 51.0 Å². The van der Waals surface area contributed by atoms with E-state index in [1.54, 1.807) is 0 Å². The van der Waals surface area contributed by atoms with Crippen LogP contribution in [0.5, 0.6) is 0 Å². The van der Waals surface area contributed by atoms with Crippen molar-refractivity contribution in [2.24, 2.45) is 23.2 Å². The topological polar surface area (TPSA) is 91.7 Å². The summed E-state index contributed by atoms with van der Waals surface area (Å²) in [6.07, 6.45) is 19.3. The van der Waals surface area contributed by atoms with E-state index in [1.165, 1.54) is 49.0 Å². The van der Waals surface area contributed by atoms with E-state index in [1.807, 2.05) is 18.3 Å². The second-order valence-electron chi connectivity index (χ2n) is 14.5. The molecule has 4 aliphatic carbocycles. The minimum Gasteiger partial charge on any atom is -0.445 e. The minimum atomic E-state index is -0.647. The van der Waals surface area contributed by atoms with Gasteiger partial charge in [0.15, 0.2) is 0 Å². The van der Waals surface area contributed by atoms with Crippen molar-refractivity contribution in [3.05, 3.63) is 51.5 Å². The highest BCUT2D eigenvalue weighted by Gasteiger charge is 2.56. The Bertz CT molecular complexity index is 1230. The summed E-state index contributed by atoms with van der Waals surface area (Å²) in [5, 5.41) is 24.5. The van der Waals surface area contributed by atoms with Gasteiger partial charge in [0.1, 0.15) is 11.1 Å². The van der Waals surface area contributed by atoms with Crippen LogP contribution < -0.4 is 5.32 Å². The number of allylic oxidation sites excluding steroid dienone is 3. The van der Waals surface area contributed by atoms with Crippen molar-refractivity contribution >= 4 is 17.4 Å². The Balaban J connectivity index is 1.28. The SMILES string of the molecule is C=C1/C(=C\C=C2/CCC[C@]3(C)[C@@H]([C@H](C)CC[C@@H](OC(=O)NCC)C4(c5ncc(CCCC)s5)CC4)CC[C@@H]23)C[C@@H](O)C[C@@H]1O. The third kappa shape index (κ3) is 7.05. The van der Waals surface area contributed by atoms with Gasteiger partial charge in [-0.15, -0.1) is 11.3 Å². The van der Waals surface area contributed by atoms with E-state index in [0.29, 0.717) is 37.1 Å². The molecule has 4 saturated carbocycles. The summed E-state index contributed by atoms with van der Waals surface area (Å²) in [5.74, 6) is 1.75. The number of alkyl carbamates (subject to hydrolysis) is 1. The average molecular weight is 625 g/mol. The number of nitrogens with zero attached hydrogens (tertiary/aromatic N) is 1. The number of aromatic nitrogens is 1. The number of aliphatic hydroxyl groups excluding tert-OH is 2. The van der Waals surface area contributed by atoms with Gasteiger partial charge in [0, 0.05) is 24.0 Å². The molecule has 44 heavy (non-hydrogen) atoms. The second kappa shape index (κ2) is 14.2. The van der Waals surface area contributed by atoms with Crippen molar-refractivity contribution in [3.63, 3.8) is 0 Å². The van der Waals surface area contributed by atoms with Crippen LogP contribution in [-0.4, -0.2) is 46.1 Å². The molecule has 0 aliphatic heterocycles. The third-order valence-electron chi connectivity index (χ3n) is 11.6. The molecule has 7 heteroatoms. The molecule has 5 rings (SSSR count). The predicted octanol–water partition coefficient (Wildman–Crippen LogP) is 8.19. The highest BCUT2D eigenvalue weighted by molar-refractivity contribution is 7.11. The Kier molecular flexibility index (Phi) is 10.8. The third-order valence-corrected chi connectivity index (χ3v) is 12.9. The van der Waals surface area contributed by atoms with Crippen LogP contribution in [0, 0.1) is 23.2 Å². The Morgan fingerprint density at radius 3 is 2.75 bits per heavy atom. The van der Waals surface area contributed by atoms with Gasteiger partial charge in [-0.05, 0) is 118 Å². The molecule has 1 amide bonds. The van der Waals surface area contributed by atoms with Gasteiger partial charge in [0.05, 0.1) is 17.6 Å². The van der Waals surface area contributed by atoms with Gasteiger partial charge in [-0.25, -0.2) is 9.78 Å². The number of hydrogen-bond donors (Lipinski definition) is 3. The lowest BCUT2D eigenvalue weighted by Gasteiger charge is -2.44. The van der Waals surface area contributed by atoms with Gasteiger partial charge in [0.2, 0.25) is 0 Å². The number of nitrogens with one attached hydrogen (secondary N) is 1. The highest BCUT2D eigenvalue weighted by Crippen LogP contribution is 2.60. The number of unbranched alkanes of at least 4 members (excludes halogenated alkanes) is 1. The number of carbonyl (C=O) groups excluding carboxylic acids is 1. The van der Waals surface area contributed by atoms with Gasteiger partial charge in [-0.3, -0.25) is 0 Å². The number of thiazole rings is 1. The zero-order valence-electron chi connectivity index (χ0n) is 27.6. The molecular weight excluding hydrogens is 568 g/mol. The molecule has 0 bridgehead atoms. The minimum absolute atomic E-state index is 0.124. The van der Waals surface area contributed by atoms with Crippen LogP contribution in [0.15, 0.2) is 41.6 Å². The summed E-state index contributed by atoms with van der Waals surface area (Å²) in [7, 11) is 0. The molecule has 0 aromatic carbocycles. The predicted molar refractivity (Wildman–Crippen MR) is 179 cm³/mol. The Labute approximate surface area is 269 Å². The molecule has 4 fully saturated rings. The van der Waals surface area contributed by atoms with Crippen LogP contribution in [0.2, 0.25) is 0 Å². The van der Waals surface area contributed by atoms with Crippen molar-refractivity contribution in [1.82, 2.24) is 10.3 Å². The summed E-state index contributed by atoms with van der Waals surface area (Å²) in [6, 6.07) is 0. The van der Waals surface area contributed by atoms with E-state index in [0.717, 1.165) is 54.7 Å². The smallest absolute Gasteiger partial charge is 0.407 e. The first-order valence-electron chi connectivity index (χ1n) is 17.5. The van der Waals surface area contributed by atoms with Crippen LogP contribution in [0.1, 0.15) is 121 Å². The first-order chi connectivity index (χ1) is 21.1. The molecular formula is C37H56N2O4S. The van der Waals surface area contributed by atoms with Crippen molar-refractivity contribution in [1.29, 1.82) is 0 Å². The summed E-state index contributed by atoms with van der Waals surface area (Å²) in [4.78, 5) is 18.9. The number of aryl methyl sites for hydroxylation is 1. The van der Waals surface area contributed by atoms with Crippen molar-refractivity contribution in [2.75, 3.05) is 6.54 Å². The Morgan fingerprint density at radius 1 is 1.23 bits per heavy atom. The lowest BCUT2D eigenvalue weighted by Crippen LogP contribution is -2.38. The van der Waals surface area contributed by atoms with E-state index in [-0.39, 0.29) is 23.0 Å². The molecule has 0 spiro atoms. The second-order valence-corrected chi connectivity index (χ2v) is 15.6. The Morgan fingerprint density at radius 2 is 2.02 bits per heavy atom. The van der Waals surface area contributed by atoms with Crippen LogP contribution in [0.4, 0.5) is 4.79 Å². The summed E-state index contributed by atoms with van der Waals surface area (Å²) in [5.41, 5.74) is 3.42. The fourth-order valence-electron chi connectivity index (χ4n) is 8.87. The molecule has 1 aromatic heterocycles. The first kappa shape index (κ1) is 33.4. The van der Waals surface area contributed by atoms with E-state index in [9.17, 15) is 15.0 Å². The van der Waals surface area contributed by atoms with Crippen LogP contribution in [0.25, 0.3) is 0 Å². The van der Waals surface area contributed by atoms with Crippen LogP contribution >= 0.6 is 11.3 Å². The summed E-state index contributed by atoms with van der Waals surface area (Å²) < 4.78 is 6.20. The number of ether oxygens (including phenoxy) is 1. The van der Waals surface area contributed by atoms with Crippen LogP contribution in [-0.2, 0) is 16.6 Å². The largest absolute Gasteiger partial charge is 0.445 e. The maximum Gasteiger partial charge on any atom is 0.407 e. The molecule has 6 nitrogen and oxygen atoms in total. The molecule has 3 N–H and O–H groups in total. The number of amides is 1. The standard InChI is InChI=1S/C37H56N2O4S/c1-6-8-11-29-23-39-34(44-29)37(19-20-37)33(43-35(42)38-7-2)17-12-24(3)30-15-16-31-26(10-9-18-36(30,31)5)13-14-27-21-28(40)22-32(41)25(27)4/h13-14,23-24,28,30-33,40-41H,4,6-12,15-22H2,1-3,5H3,(H,38,42)/b26-13+,27-14-/t24-,28-,30-,31+,32+,33-,36-/m1/s1. The van der Waals surface area contributed by atoms with Gasteiger partial charge < -0.3 is 20.3 Å². The number of hydrogen-bond acceptors (Lipinski definition) is 6. The molecule has 1 heterocycles. The van der Waals surface area contributed by atoms with Gasteiger partial charge >= 0.3 is 6.09 Å². The maximum atomic E-state index is 12.7. The fraction of sp³-hybridized carbons (Fsp3) is 0.730. The zero-order chi connectivity index (χ0) is 31.5. The fourth-order valence-corrected chi connectivity index (χ4v) is 10.1. The molecule has 4 aliphatic rings. The van der Waals surface area contributed by atoms with Crippen molar-refractivity contribution < 1.29 is 19.7 Å². The molecule has 0 radical (unpaired) electrons. The number of fused-ring (bicyclic) bond motifs is 1. The van der Waals surface area contributed by atoms with Gasteiger partial charge in [0.25, 0.3) is 0 Å². The van der Waals surface area contributed by atoms with Crippen LogP contribution in [0.3, 0.4) is 0 Å². The maximum absolute atomic E-state index is 12.7. The molecule has 244 valence electrons. The van der Waals surface area contributed by atoms with E-state index < -0.39 is 12.2 Å². The number of carbonyl (C=O) groups is 1. The van der Waals surface area contributed by atoms with E-state index in [4.69, 9.17) is 9.72 Å². The summed E-state index contributed by atoms with van der Waals surface area (Å²) in [6.45, 7) is 13.8. The van der Waals surface area contributed by atoms with E-state index >= 15 is 0 Å². The van der Waals surface area contributed by atoms with Gasteiger partial charge in [-0.1, -0.05) is 51.5 Å². The average Bonchev–Trinajstić information content (AvgIpc) is 3.51. The lowest BCUT2D eigenvalue weighted by atomic mass is 9.60. The highest BCUT2D eigenvalue weighted by atomic mass is 32.1. The Hall–Kier alpha value is -1.96. The molecule has 0 unspecified atom stereocenters. The lowest BCUT2D eigenvalue weighted by molar-refractivity contribution is 0.0526. The quantitative estimate of drug-likeness (QED) is 0.218. The molecule has 7 atom stereocenters. The summed E-state index contributed by atoms with van der Waals surface area (Å²) >= 11 is 1.83. The first-order valence-corrected chi connectivity index (χ1v) is 18.3. The number of aliphatic hydroxyl groups is 2. The number of rotatable bonds is 12. The zero-order valence-corrected chi connectivity index (χ0v) is 28.4. The normalized spacial score (nSPS) is 32.8. The van der Waals surface area contributed by atoms with Crippen molar-refractivity contribution in [3.8, 4) is 0 Å². The van der Waals surface area contributed by atoms with Crippen molar-refractivity contribution in [2.45, 2.75) is 141 Å². The van der Waals surface area contributed by atoms with Gasteiger partial charge in [-0.2, -0.15) is 0 Å². The monoisotopic (exact) mass is 624 g/mol. The molecule has 0 saturated heterocycles.